The summed E-state index contributed by atoms with van der Waals surface area (Å²) in [7, 11) is 0. The number of carbonyl (C=O) groups excluding carboxylic acids is 1. The molecule has 4 aromatic rings. The van der Waals surface area contributed by atoms with Gasteiger partial charge in [-0.15, -0.1) is 11.3 Å². The predicted octanol–water partition coefficient (Wildman–Crippen LogP) is 3.55. The molecule has 1 amide bonds. The Labute approximate surface area is 193 Å². The number of nitrogens with zero attached hydrogens (tertiary/aromatic N) is 2. The van der Waals surface area contributed by atoms with Crippen LogP contribution in [0.1, 0.15) is 24.5 Å². The Balaban J connectivity index is 1.53. The van der Waals surface area contributed by atoms with E-state index < -0.39 is 17.1 Å². The zero-order valence-electron chi connectivity index (χ0n) is 18.2. The molecule has 0 saturated heterocycles. The van der Waals surface area contributed by atoms with Crippen LogP contribution in [0.2, 0.25) is 0 Å². The monoisotopic (exact) mass is 465 g/mol. The van der Waals surface area contributed by atoms with E-state index in [2.05, 4.69) is 5.32 Å². The molecule has 0 radical (unpaired) electrons. The number of rotatable bonds is 8. The van der Waals surface area contributed by atoms with Crippen LogP contribution in [0.5, 0.6) is 0 Å². The smallest absolute Gasteiger partial charge is 0.332 e. The van der Waals surface area contributed by atoms with E-state index in [-0.39, 0.29) is 25.0 Å². The lowest BCUT2D eigenvalue weighted by atomic mass is 10.1. The number of thiophene rings is 1. The van der Waals surface area contributed by atoms with Crippen molar-refractivity contribution in [2.45, 2.75) is 38.9 Å². The second-order valence-electron chi connectivity index (χ2n) is 8.01. The van der Waals surface area contributed by atoms with Crippen molar-refractivity contribution >= 4 is 27.5 Å². The van der Waals surface area contributed by atoms with E-state index in [9.17, 15) is 18.8 Å². The first-order chi connectivity index (χ1) is 15.9. The summed E-state index contributed by atoms with van der Waals surface area (Å²) in [6.45, 7) is 1.74. The van der Waals surface area contributed by atoms with E-state index in [0.29, 0.717) is 15.8 Å². The summed E-state index contributed by atoms with van der Waals surface area (Å²) in [6, 6.07) is 17.3. The molecule has 0 bridgehead atoms. The molecule has 0 aliphatic heterocycles. The van der Waals surface area contributed by atoms with Gasteiger partial charge in [0.1, 0.15) is 17.1 Å². The Kier molecular flexibility index (Phi) is 6.84. The second-order valence-corrected chi connectivity index (χ2v) is 8.93. The number of hydrogen-bond acceptors (Lipinski definition) is 4. The average Bonchev–Trinajstić information content (AvgIpc) is 3.30. The van der Waals surface area contributed by atoms with Gasteiger partial charge in [0.15, 0.2) is 0 Å². The van der Waals surface area contributed by atoms with E-state index >= 15 is 0 Å². The Hall–Kier alpha value is -3.52. The van der Waals surface area contributed by atoms with Crippen molar-refractivity contribution in [3.05, 3.63) is 104 Å². The molecule has 0 aliphatic carbocycles. The highest BCUT2D eigenvalue weighted by Gasteiger charge is 2.17. The molecule has 0 fully saturated rings. The quantitative estimate of drug-likeness (QED) is 0.433. The van der Waals surface area contributed by atoms with E-state index in [1.807, 2.05) is 37.3 Å². The Bertz CT molecular complexity index is 1370. The fourth-order valence-electron chi connectivity index (χ4n) is 3.76. The molecular formula is C25H24FN3O3S. The van der Waals surface area contributed by atoms with E-state index in [1.54, 1.807) is 11.4 Å². The summed E-state index contributed by atoms with van der Waals surface area (Å²) in [4.78, 5) is 38.8. The maximum Gasteiger partial charge on any atom is 0.332 e. The van der Waals surface area contributed by atoms with Crippen LogP contribution >= 0.6 is 11.3 Å². The van der Waals surface area contributed by atoms with Crippen molar-refractivity contribution in [3.8, 4) is 0 Å². The van der Waals surface area contributed by atoms with Gasteiger partial charge in [-0.2, -0.15) is 0 Å². The van der Waals surface area contributed by atoms with Gasteiger partial charge in [-0.1, -0.05) is 42.5 Å². The number of fused-ring (bicyclic) bond motifs is 1. The molecular weight excluding hydrogens is 441 g/mol. The molecule has 0 aliphatic rings. The molecule has 1 N–H and O–H groups in total. The second kappa shape index (κ2) is 9.95. The first-order valence-electron chi connectivity index (χ1n) is 10.7. The maximum atomic E-state index is 13.2. The van der Waals surface area contributed by atoms with Crippen LogP contribution in [-0.2, 0) is 24.3 Å². The van der Waals surface area contributed by atoms with Crippen LogP contribution in [0, 0.1) is 5.82 Å². The molecule has 170 valence electrons. The van der Waals surface area contributed by atoms with Gasteiger partial charge in [-0.05, 0) is 54.5 Å². The normalized spacial score (nSPS) is 12.1. The molecule has 0 spiro atoms. The van der Waals surface area contributed by atoms with E-state index in [0.717, 1.165) is 17.4 Å². The molecule has 8 heteroatoms. The predicted molar refractivity (Wildman–Crippen MR) is 128 cm³/mol. The highest BCUT2D eigenvalue weighted by atomic mass is 32.1. The number of carbonyl (C=O) groups is 1. The van der Waals surface area contributed by atoms with Crippen molar-refractivity contribution in [3.63, 3.8) is 0 Å². The van der Waals surface area contributed by atoms with Crippen LogP contribution in [0.3, 0.4) is 0 Å². The fraction of sp³-hybridized carbons (Fsp3) is 0.240. The average molecular weight is 466 g/mol. The number of hydrogen-bond donors (Lipinski definition) is 1. The minimum absolute atomic E-state index is 0.000877. The molecule has 6 nitrogen and oxygen atoms in total. The minimum atomic E-state index is -0.567. The van der Waals surface area contributed by atoms with E-state index in [1.165, 1.54) is 45.7 Å². The third kappa shape index (κ3) is 5.28. The Morgan fingerprint density at radius 2 is 1.73 bits per heavy atom. The highest BCUT2D eigenvalue weighted by molar-refractivity contribution is 7.17. The van der Waals surface area contributed by atoms with Crippen LogP contribution < -0.4 is 16.6 Å². The summed E-state index contributed by atoms with van der Waals surface area (Å²) in [5, 5.41) is 4.68. The lowest BCUT2D eigenvalue weighted by Crippen LogP contribution is -2.43. The first kappa shape index (κ1) is 22.7. The van der Waals surface area contributed by atoms with Crippen LogP contribution in [0.4, 0.5) is 4.39 Å². The van der Waals surface area contributed by atoms with Gasteiger partial charge in [0.2, 0.25) is 5.91 Å². The largest absolute Gasteiger partial charge is 0.352 e. The van der Waals surface area contributed by atoms with Gasteiger partial charge in [0.05, 0.1) is 12.1 Å². The summed E-state index contributed by atoms with van der Waals surface area (Å²) in [5.74, 6) is -0.688. The van der Waals surface area contributed by atoms with Gasteiger partial charge in [-0.25, -0.2) is 9.18 Å². The van der Waals surface area contributed by atoms with Gasteiger partial charge in [0, 0.05) is 6.04 Å². The van der Waals surface area contributed by atoms with Crippen LogP contribution in [0.25, 0.3) is 10.2 Å². The number of nitrogens with one attached hydrogen (secondary N) is 1. The molecule has 2 aromatic heterocycles. The van der Waals surface area contributed by atoms with Crippen LogP contribution in [0.15, 0.2) is 75.6 Å². The number of aryl methyl sites for hydroxylation is 1. The van der Waals surface area contributed by atoms with Gasteiger partial charge in [0.25, 0.3) is 5.56 Å². The third-order valence-corrected chi connectivity index (χ3v) is 6.40. The Morgan fingerprint density at radius 3 is 2.45 bits per heavy atom. The van der Waals surface area contributed by atoms with Crippen molar-refractivity contribution in [1.29, 1.82) is 0 Å². The topological polar surface area (TPSA) is 73.1 Å². The van der Waals surface area contributed by atoms with Crippen LogP contribution in [-0.4, -0.2) is 21.1 Å². The number of aromatic nitrogens is 2. The van der Waals surface area contributed by atoms with Crippen molar-refractivity contribution in [2.24, 2.45) is 0 Å². The van der Waals surface area contributed by atoms with Crippen molar-refractivity contribution in [1.82, 2.24) is 14.5 Å². The van der Waals surface area contributed by atoms with Crippen molar-refractivity contribution in [2.75, 3.05) is 0 Å². The number of benzene rings is 2. The molecule has 2 aromatic carbocycles. The highest BCUT2D eigenvalue weighted by Crippen LogP contribution is 2.16. The lowest BCUT2D eigenvalue weighted by molar-refractivity contribution is -0.122. The fourth-order valence-corrected chi connectivity index (χ4v) is 4.61. The Morgan fingerprint density at radius 1 is 1.00 bits per heavy atom. The summed E-state index contributed by atoms with van der Waals surface area (Å²) in [6.07, 6.45) is 1.60. The maximum absolute atomic E-state index is 13.2. The molecule has 4 rings (SSSR count). The van der Waals surface area contributed by atoms with Gasteiger partial charge < -0.3 is 5.32 Å². The summed E-state index contributed by atoms with van der Waals surface area (Å²) < 4.78 is 16.1. The zero-order valence-corrected chi connectivity index (χ0v) is 19.0. The van der Waals surface area contributed by atoms with Crippen molar-refractivity contribution < 1.29 is 9.18 Å². The first-order valence-corrected chi connectivity index (χ1v) is 11.6. The van der Waals surface area contributed by atoms with E-state index in [4.69, 9.17) is 0 Å². The molecule has 0 unspecified atom stereocenters. The number of halogens is 1. The third-order valence-electron chi connectivity index (χ3n) is 5.51. The standard InChI is InChI=1S/C25H24FN3O3S/c1-17(7-8-18-5-3-2-4-6-18)27-22(30)16-28-21-13-14-33-23(21)24(31)29(25(28)32)15-19-9-11-20(26)12-10-19/h2-6,9-14,17H,7-8,15-16H2,1H3,(H,27,30)/t17-/m1/s1. The minimum Gasteiger partial charge on any atom is -0.352 e. The number of amides is 1. The zero-order chi connectivity index (χ0) is 23.4. The lowest BCUT2D eigenvalue weighted by Gasteiger charge is -2.16. The summed E-state index contributed by atoms with van der Waals surface area (Å²) in [5.41, 5.74) is 1.28. The SMILES string of the molecule is C[C@H](CCc1ccccc1)NC(=O)Cn1c(=O)n(Cc2ccc(F)cc2)c(=O)c2sccc21. The molecule has 0 saturated carbocycles. The molecule has 33 heavy (non-hydrogen) atoms. The molecule has 1 atom stereocenters. The van der Waals surface area contributed by atoms with Gasteiger partial charge >= 0.3 is 5.69 Å². The molecule has 2 heterocycles. The van der Waals surface area contributed by atoms with Gasteiger partial charge in [-0.3, -0.25) is 18.7 Å². The summed E-state index contributed by atoms with van der Waals surface area (Å²) >= 11 is 1.23.